The summed E-state index contributed by atoms with van der Waals surface area (Å²) in [7, 11) is -4.10. The first-order chi connectivity index (χ1) is 10.5. The van der Waals surface area contributed by atoms with Crippen LogP contribution in [0.3, 0.4) is 0 Å². The molecule has 0 aliphatic carbocycles. The van der Waals surface area contributed by atoms with Gasteiger partial charge in [-0.1, -0.05) is 6.07 Å². The van der Waals surface area contributed by atoms with Crippen molar-refractivity contribution in [3.63, 3.8) is 0 Å². The zero-order chi connectivity index (χ0) is 17.4. The summed E-state index contributed by atoms with van der Waals surface area (Å²) in [6, 6.07) is 2.91. The Bertz CT molecular complexity index is 716. The molecule has 5 nitrogen and oxygen atoms in total. The Morgan fingerprint density at radius 1 is 1.35 bits per heavy atom. The number of amides is 1. The van der Waals surface area contributed by atoms with Crippen LogP contribution in [0.15, 0.2) is 23.1 Å². The average Bonchev–Trinajstić information content (AvgIpc) is 2.46. The molecule has 1 aliphatic rings. The highest BCUT2D eigenvalue weighted by atomic mass is 32.2. The molecule has 0 bridgehead atoms. The summed E-state index contributed by atoms with van der Waals surface area (Å²) in [6.07, 6.45) is -3.72. The third kappa shape index (κ3) is 3.66. The van der Waals surface area contributed by atoms with Crippen LogP contribution in [-0.4, -0.2) is 31.7 Å². The lowest BCUT2D eigenvalue weighted by molar-refractivity contribution is -0.138. The number of nitrogens with two attached hydrogens (primary N) is 1. The van der Waals surface area contributed by atoms with Crippen molar-refractivity contribution in [3.8, 4) is 0 Å². The Hall–Kier alpha value is -1.61. The van der Waals surface area contributed by atoms with E-state index in [2.05, 4.69) is 0 Å². The first-order valence-electron chi connectivity index (χ1n) is 7.01. The molecule has 1 aliphatic heterocycles. The van der Waals surface area contributed by atoms with E-state index in [4.69, 9.17) is 5.73 Å². The molecule has 1 aromatic rings. The van der Waals surface area contributed by atoms with Gasteiger partial charge in [-0.3, -0.25) is 4.79 Å². The van der Waals surface area contributed by atoms with Gasteiger partial charge in [0.05, 0.1) is 16.4 Å². The third-order valence-corrected chi connectivity index (χ3v) is 5.80. The summed E-state index contributed by atoms with van der Waals surface area (Å²) in [5.74, 6) is -1.23. The summed E-state index contributed by atoms with van der Waals surface area (Å²) in [6.45, 7) is 1.32. The zero-order valence-corrected chi connectivity index (χ0v) is 13.2. The molecule has 23 heavy (non-hydrogen) atoms. The average molecular weight is 350 g/mol. The van der Waals surface area contributed by atoms with E-state index in [0.717, 1.165) is 16.4 Å². The standard InChI is InChI=1S/C14H17F3N2O3S/c1-9-4-5-11(7-12(9)14(15,16)17)23(21,22)19-6-2-3-10(8-19)13(18)20/h4-5,7,10H,2-3,6,8H2,1H3,(H2,18,20)/t10-/m1/s1. The number of carbonyl (C=O) groups is 1. The summed E-state index contributed by atoms with van der Waals surface area (Å²) in [4.78, 5) is 10.8. The molecule has 0 saturated carbocycles. The smallest absolute Gasteiger partial charge is 0.369 e. The van der Waals surface area contributed by atoms with Crippen molar-refractivity contribution in [2.75, 3.05) is 13.1 Å². The molecule has 2 rings (SSSR count). The van der Waals surface area contributed by atoms with Gasteiger partial charge in [-0.05, 0) is 37.5 Å². The normalized spacial score (nSPS) is 20.4. The minimum Gasteiger partial charge on any atom is -0.369 e. The Labute approximate surface area is 132 Å². The van der Waals surface area contributed by atoms with E-state index < -0.39 is 38.5 Å². The molecule has 2 N–H and O–H groups in total. The van der Waals surface area contributed by atoms with Gasteiger partial charge in [0.2, 0.25) is 15.9 Å². The molecule has 0 unspecified atom stereocenters. The number of piperidine rings is 1. The lowest BCUT2D eigenvalue weighted by Gasteiger charge is -2.30. The number of sulfonamides is 1. The van der Waals surface area contributed by atoms with Crippen LogP contribution >= 0.6 is 0 Å². The number of aryl methyl sites for hydroxylation is 1. The van der Waals surface area contributed by atoms with E-state index in [1.807, 2.05) is 0 Å². The van der Waals surface area contributed by atoms with Gasteiger partial charge in [0.25, 0.3) is 0 Å². The van der Waals surface area contributed by atoms with Gasteiger partial charge < -0.3 is 5.73 Å². The summed E-state index contributed by atoms with van der Waals surface area (Å²) < 4.78 is 65.0. The zero-order valence-electron chi connectivity index (χ0n) is 12.4. The minimum absolute atomic E-state index is 0.0508. The van der Waals surface area contributed by atoms with E-state index in [1.165, 1.54) is 6.92 Å². The fourth-order valence-electron chi connectivity index (χ4n) is 2.61. The molecule has 1 amide bonds. The maximum atomic E-state index is 13.0. The molecule has 1 heterocycles. The van der Waals surface area contributed by atoms with Gasteiger partial charge in [0.15, 0.2) is 0 Å². The van der Waals surface area contributed by atoms with Crippen LogP contribution in [0.1, 0.15) is 24.0 Å². The van der Waals surface area contributed by atoms with Crippen LogP contribution in [0, 0.1) is 12.8 Å². The SMILES string of the molecule is Cc1ccc(S(=O)(=O)N2CCC[C@@H](C(N)=O)C2)cc1C(F)(F)F. The molecular weight excluding hydrogens is 333 g/mol. The highest BCUT2D eigenvalue weighted by Crippen LogP contribution is 2.34. The number of benzene rings is 1. The number of rotatable bonds is 3. The largest absolute Gasteiger partial charge is 0.416 e. The number of hydrogen-bond acceptors (Lipinski definition) is 3. The van der Waals surface area contributed by atoms with Crippen molar-refractivity contribution in [2.24, 2.45) is 11.7 Å². The number of nitrogens with zero attached hydrogens (tertiary/aromatic N) is 1. The lowest BCUT2D eigenvalue weighted by atomic mass is 9.99. The van der Waals surface area contributed by atoms with Crippen LogP contribution in [0.25, 0.3) is 0 Å². The highest BCUT2D eigenvalue weighted by molar-refractivity contribution is 7.89. The summed E-state index contributed by atoms with van der Waals surface area (Å²) >= 11 is 0. The molecule has 0 radical (unpaired) electrons. The van der Waals surface area contributed by atoms with Crippen LogP contribution in [-0.2, 0) is 21.0 Å². The molecular formula is C14H17F3N2O3S. The molecule has 1 saturated heterocycles. The van der Waals surface area contributed by atoms with Crippen molar-refractivity contribution < 1.29 is 26.4 Å². The van der Waals surface area contributed by atoms with E-state index >= 15 is 0 Å². The molecule has 0 aromatic heterocycles. The first kappa shape index (κ1) is 17.7. The van der Waals surface area contributed by atoms with Crippen LogP contribution < -0.4 is 5.73 Å². The topological polar surface area (TPSA) is 80.5 Å². The number of hydrogen-bond donors (Lipinski definition) is 1. The van der Waals surface area contributed by atoms with Gasteiger partial charge in [-0.15, -0.1) is 0 Å². The van der Waals surface area contributed by atoms with E-state index in [1.54, 1.807) is 0 Å². The van der Waals surface area contributed by atoms with Gasteiger partial charge >= 0.3 is 6.18 Å². The molecule has 1 fully saturated rings. The Morgan fingerprint density at radius 3 is 2.57 bits per heavy atom. The van der Waals surface area contributed by atoms with Gasteiger partial charge in [0.1, 0.15) is 0 Å². The Morgan fingerprint density at radius 2 is 2.00 bits per heavy atom. The van der Waals surface area contributed by atoms with Crippen molar-refractivity contribution >= 4 is 15.9 Å². The quantitative estimate of drug-likeness (QED) is 0.904. The van der Waals surface area contributed by atoms with Crippen LogP contribution in [0.4, 0.5) is 13.2 Å². The molecule has 9 heteroatoms. The molecule has 1 aromatic carbocycles. The van der Waals surface area contributed by atoms with Gasteiger partial charge in [0, 0.05) is 13.1 Å². The summed E-state index contributed by atoms with van der Waals surface area (Å²) in [5, 5.41) is 0. The fraction of sp³-hybridized carbons (Fsp3) is 0.500. The number of primary amides is 1. The number of halogens is 3. The van der Waals surface area contributed by atoms with Gasteiger partial charge in [-0.2, -0.15) is 17.5 Å². The number of carbonyl (C=O) groups excluding carboxylic acids is 1. The second-order valence-corrected chi connectivity index (χ2v) is 7.52. The van der Waals surface area contributed by atoms with Crippen molar-refractivity contribution in [3.05, 3.63) is 29.3 Å². The van der Waals surface area contributed by atoms with Gasteiger partial charge in [-0.25, -0.2) is 8.42 Å². The van der Waals surface area contributed by atoms with E-state index in [9.17, 15) is 26.4 Å². The van der Waals surface area contributed by atoms with E-state index in [-0.39, 0.29) is 18.7 Å². The maximum Gasteiger partial charge on any atom is 0.416 e. The second-order valence-electron chi connectivity index (χ2n) is 5.58. The first-order valence-corrected chi connectivity index (χ1v) is 8.45. The third-order valence-electron chi connectivity index (χ3n) is 3.94. The fourth-order valence-corrected chi connectivity index (χ4v) is 4.16. The second kappa shape index (κ2) is 6.12. The monoisotopic (exact) mass is 350 g/mol. The molecule has 128 valence electrons. The highest BCUT2D eigenvalue weighted by Gasteiger charge is 2.36. The minimum atomic E-state index is -4.63. The van der Waals surface area contributed by atoms with Crippen molar-refractivity contribution in [1.29, 1.82) is 0 Å². The van der Waals surface area contributed by atoms with Crippen LogP contribution in [0.5, 0.6) is 0 Å². The predicted octanol–water partition coefficient (Wildman–Crippen LogP) is 1.90. The van der Waals surface area contributed by atoms with E-state index in [0.29, 0.717) is 18.9 Å². The number of alkyl halides is 3. The predicted molar refractivity (Wildman–Crippen MR) is 76.9 cm³/mol. The molecule has 1 atom stereocenters. The molecule has 0 spiro atoms. The summed E-state index contributed by atoms with van der Waals surface area (Å²) in [5.41, 5.74) is 4.17. The Kier molecular flexibility index (Phi) is 4.72. The van der Waals surface area contributed by atoms with Crippen molar-refractivity contribution in [1.82, 2.24) is 4.31 Å². The van der Waals surface area contributed by atoms with Crippen molar-refractivity contribution in [2.45, 2.75) is 30.8 Å². The lowest BCUT2D eigenvalue weighted by Crippen LogP contribution is -2.44. The van der Waals surface area contributed by atoms with Crippen LogP contribution in [0.2, 0.25) is 0 Å². The Balaban J connectivity index is 2.38. The maximum absolute atomic E-state index is 13.0.